The van der Waals surface area contributed by atoms with Crippen molar-refractivity contribution in [2.45, 2.75) is 32.8 Å². The Labute approximate surface area is 143 Å². The van der Waals surface area contributed by atoms with Crippen molar-refractivity contribution in [2.24, 2.45) is 0 Å². The van der Waals surface area contributed by atoms with Crippen molar-refractivity contribution >= 4 is 17.6 Å². The molecule has 0 heterocycles. The summed E-state index contributed by atoms with van der Waals surface area (Å²) in [4.78, 5) is 23.3. The van der Waals surface area contributed by atoms with Crippen molar-refractivity contribution in [3.05, 3.63) is 24.3 Å². The minimum atomic E-state index is -0.349. The first kappa shape index (κ1) is 19.8. The Morgan fingerprint density at radius 1 is 1.08 bits per heavy atom. The second-order valence-electron chi connectivity index (χ2n) is 5.48. The number of hydrogen-bond donors (Lipinski definition) is 3. The van der Waals surface area contributed by atoms with Crippen LogP contribution in [0, 0.1) is 0 Å². The quantitative estimate of drug-likeness (QED) is 0.571. The molecular weight excluding hydrogens is 310 g/mol. The van der Waals surface area contributed by atoms with Gasteiger partial charge in [-0.2, -0.15) is 0 Å². The smallest absolute Gasteiger partial charge is 0.319 e. The summed E-state index contributed by atoms with van der Waals surface area (Å²) in [7, 11) is 1.58. The minimum Gasteiger partial charge on any atom is -0.497 e. The van der Waals surface area contributed by atoms with Crippen molar-refractivity contribution in [3.8, 4) is 5.75 Å². The average molecular weight is 337 g/mol. The van der Waals surface area contributed by atoms with Crippen LogP contribution in [0.2, 0.25) is 0 Å². The zero-order valence-corrected chi connectivity index (χ0v) is 14.6. The van der Waals surface area contributed by atoms with Crippen molar-refractivity contribution in [3.63, 3.8) is 0 Å². The van der Waals surface area contributed by atoms with Crippen LogP contribution in [-0.2, 0) is 9.53 Å². The molecule has 24 heavy (non-hydrogen) atoms. The Kier molecular flexibility index (Phi) is 9.29. The first-order chi connectivity index (χ1) is 11.5. The first-order valence-electron chi connectivity index (χ1n) is 8.08. The maximum Gasteiger partial charge on any atom is 0.319 e. The molecule has 0 saturated heterocycles. The van der Waals surface area contributed by atoms with Gasteiger partial charge in [0.15, 0.2) is 0 Å². The Bertz CT molecular complexity index is 503. The molecule has 1 aromatic carbocycles. The van der Waals surface area contributed by atoms with Gasteiger partial charge in [0.05, 0.1) is 13.2 Å². The molecule has 0 radical (unpaired) electrons. The van der Waals surface area contributed by atoms with E-state index in [4.69, 9.17) is 9.47 Å². The van der Waals surface area contributed by atoms with Gasteiger partial charge < -0.3 is 25.4 Å². The number of carbonyl (C=O) groups is 2. The van der Waals surface area contributed by atoms with Gasteiger partial charge in [0.1, 0.15) is 5.75 Å². The third-order valence-corrected chi connectivity index (χ3v) is 3.08. The zero-order valence-electron chi connectivity index (χ0n) is 14.6. The van der Waals surface area contributed by atoms with E-state index in [1.54, 1.807) is 31.4 Å². The maximum absolute atomic E-state index is 11.7. The second kappa shape index (κ2) is 11.3. The summed E-state index contributed by atoms with van der Waals surface area (Å²) in [5.41, 5.74) is 0.655. The van der Waals surface area contributed by atoms with Gasteiger partial charge >= 0.3 is 6.03 Å². The van der Waals surface area contributed by atoms with Gasteiger partial charge in [0.2, 0.25) is 5.91 Å². The van der Waals surface area contributed by atoms with Crippen LogP contribution in [0.4, 0.5) is 10.5 Å². The number of ether oxygens (including phenoxy) is 2. The van der Waals surface area contributed by atoms with E-state index in [1.807, 2.05) is 13.8 Å². The summed E-state index contributed by atoms with van der Waals surface area (Å²) >= 11 is 0. The summed E-state index contributed by atoms with van der Waals surface area (Å²) in [6.07, 6.45) is 1.21. The van der Waals surface area contributed by atoms with Gasteiger partial charge in [-0.15, -0.1) is 0 Å². The Hall–Kier alpha value is -2.28. The predicted octanol–water partition coefficient (Wildman–Crippen LogP) is 2.14. The second-order valence-corrected chi connectivity index (χ2v) is 5.48. The Morgan fingerprint density at radius 2 is 1.79 bits per heavy atom. The van der Waals surface area contributed by atoms with Crippen LogP contribution in [0.15, 0.2) is 24.3 Å². The summed E-state index contributed by atoms with van der Waals surface area (Å²) in [5.74, 6) is 0.626. The largest absolute Gasteiger partial charge is 0.497 e. The minimum absolute atomic E-state index is 0.0932. The number of methoxy groups -OCH3 is 1. The van der Waals surface area contributed by atoms with Crippen LogP contribution < -0.4 is 20.7 Å². The lowest BCUT2D eigenvalue weighted by Gasteiger charge is -2.09. The third kappa shape index (κ3) is 8.99. The fourth-order valence-electron chi connectivity index (χ4n) is 1.85. The fraction of sp³-hybridized carbons (Fsp3) is 0.529. The van der Waals surface area contributed by atoms with Crippen molar-refractivity contribution in [1.82, 2.24) is 10.6 Å². The summed E-state index contributed by atoms with van der Waals surface area (Å²) in [5, 5.41) is 8.11. The number of benzene rings is 1. The number of hydrogen-bond acceptors (Lipinski definition) is 4. The van der Waals surface area contributed by atoms with Crippen molar-refractivity contribution < 1.29 is 19.1 Å². The third-order valence-electron chi connectivity index (χ3n) is 3.08. The molecule has 0 aliphatic rings. The van der Waals surface area contributed by atoms with Crippen LogP contribution in [0.3, 0.4) is 0 Å². The van der Waals surface area contributed by atoms with E-state index in [9.17, 15) is 9.59 Å². The molecule has 0 aliphatic heterocycles. The highest BCUT2D eigenvalue weighted by atomic mass is 16.5. The summed E-state index contributed by atoms with van der Waals surface area (Å²) in [6.45, 7) is 5.42. The number of anilines is 1. The SMILES string of the molecule is COc1ccc(NC(=O)NCCC(=O)NCCCOC(C)C)cc1. The summed E-state index contributed by atoms with van der Waals surface area (Å²) < 4.78 is 10.4. The molecule has 1 aromatic rings. The number of amides is 3. The zero-order chi connectivity index (χ0) is 17.8. The highest BCUT2D eigenvalue weighted by molar-refractivity contribution is 5.89. The maximum atomic E-state index is 11.7. The number of nitrogens with one attached hydrogen (secondary N) is 3. The van der Waals surface area contributed by atoms with Crippen LogP contribution in [-0.4, -0.2) is 44.8 Å². The Morgan fingerprint density at radius 3 is 2.42 bits per heavy atom. The molecule has 0 atom stereocenters. The van der Waals surface area contributed by atoms with E-state index < -0.39 is 0 Å². The van der Waals surface area contributed by atoms with E-state index in [2.05, 4.69) is 16.0 Å². The molecule has 7 nitrogen and oxygen atoms in total. The molecule has 0 bridgehead atoms. The normalized spacial score (nSPS) is 10.3. The molecule has 0 unspecified atom stereocenters. The highest BCUT2D eigenvalue weighted by Gasteiger charge is 2.04. The van der Waals surface area contributed by atoms with Crippen molar-refractivity contribution in [1.29, 1.82) is 0 Å². The summed E-state index contributed by atoms with van der Waals surface area (Å²) in [6, 6.07) is 6.64. The van der Waals surface area contributed by atoms with Gasteiger partial charge in [-0.1, -0.05) is 0 Å². The molecule has 134 valence electrons. The molecule has 1 rings (SSSR count). The van der Waals surface area contributed by atoms with Crippen molar-refractivity contribution in [2.75, 3.05) is 32.1 Å². The average Bonchev–Trinajstić information content (AvgIpc) is 2.55. The molecule has 3 amide bonds. The number of rotatable bonds is 10. The fourth-order valence-corrected chi connectivity index (χ4v) is 1.85. The van der Waals surface area contributed by atoms with E-state index >= 15 is 0 Å². The number of carbonyl (C=O) groups excluding carboxylic acids is 2. The van der Waals surface area contributed by atoms with Crippen LogP contribution >= 0.6 is 0 Å². The topological polar surface area (TPSA) is 88.7 Å². The lowest BCUT2D eigenvalue weighted by atomic mass is 10.3. The number of urea groups is 1. The molecule has 0 spiro atoms. The standard InChI is InChI=1S/C17H27N3O4/c1-13(2)24-12-4-10-18-16(21)9-11-19-17(22)20-14-5-7-15(23-3)8-6-14/h5-8,13H,4,9-12H2,1-3H3,(H,18,21)(H2,19,20,22). The van der Waals surface area contributed by atoms with Gasteiger partial charge in [-0.05, 0) is 44.5 Å². The molecule has 0 saturated carbocycles. The van der Waals surface area contributed by atoms with E-state index in [0.29, 0.717) is 18.8 Å². The van der Waals surface area contributed by atoms with Crippen LogP contribution in [0.1, 0.15) is 26.7 Å². The molecule has 0 fully saturated rings. The highest BCUT2D eigenvalue weighted by Crippen LogP contribution is 2.14. The van der Waals surface area contributed by atoms with E-state index in [0.717, 1.165) is 12.2 Å². The van der Waals surface area contributed by atoms with Gasteiger partial charge in [-0.3, -0.25) is 4.79 Å². The molecular formula is C17H27N3O4. The van der Waals surface area contributed by atoms with Crippen LogP contribution in [0.25, 0.3) is 0 Å². The van der Waals surface area contributed by atoms with Crippen LogP contribution in [0.5, 0.6) is 5.75 Å². The molecule has 3 N–H and O–H groups in total. The van der Waals surface area contributed by atoms with Gasteiger partial charge in [0.25, 0.3) is 0 Å². The Balaban J connectivity index is 2.10. The monoisotopic (exact) mass is 337 g/mol. The van der Waals surface area contributed by atoms with E-state index in [1.165, 1.54) is 0 Å². The lowest BCUT2D eigenvalue weighted by Crippen LogP contribution is -2.33. The first-order valence-corrected chi connectivity index (χ1v) is 8.08. The molecule has 0 aliphatic carbocycles. The molecule has 0 aromatic heterocycles. The van der Waals surface area contributed by atoms with Gasteiger partial charge in [0, 0.05) is 31.8 Å². The lowest BCUT2D eigenvalue weighted by molar-refractivity contribution is -0.121. The predicted molar refractivity (Wildman–Crippen MR) is 93.3 cm³/mol. The van der Waals surface area contributed by atoms with Gasteiger partial charge in [-0.25, -0.2) is 4.79 Å². The van der Waals surface area contributed by atoms with E-state index in [-0.39, 0.29) is 31.0 Å². The molecule has 7 heteroatoms.